The summed E-state index contributed by atoms with van der Waals surface area (Å²) in [4.78, 5) is 25.5. The zero-order valence-corrected chi connectivity index (χ0v) is 26.5. The largest absolute Gasteiger partial charge is 0.468 e. The molecule has 2 bridgehead atoms. The molecule has 2 aliphatic rings. The summed E-state index contributed by atoms with van der Waals surface area (Å²) in [6.45, 7) is 8.19. The lowest BCUT2D eigenvalue weighted by atomic mass is 9.95. The van der Waals surface area contributed by atoms with Gasteiger partial charge in [-0.25, -0.2) is 18.6 Å². The predicted octanol–water partition coefficient (Wildman–Crippen LogP) is 8.00. The molecule has 1 amide bonds. The van der Waals surface area contributed by atoms with Crippen LogP contribution in [0, 0.1) is 11.6 Å². The molecule has 1 aromatic heterocycles. The fraction of sp³-hybridized carbons (Fsp3) is 0.406. The first-order valence-electron chi connectivity index (χ1n) is 14.3. The van der Waals surface area contributed by atoms with Crippen LogP contribution in [0.3, 0.4) is 0 Å². The fourth-order valence-electron chi connectivity index (χ4n) is 6.47. The quantitative estimate of drug-likeness (QED) is 0.161. The van der Waals surface area contributed by atoms with Gasteiger partial charge in [0.05, 0.1) is 17.1 Å². The van der Waals surface area contributed by atoms with Crippen molar-refractivity contribution in [2.24, 2.45) is 0 Å². The minimum atomic E-state index is -0.905. The molecule has 0 saturated carbocycles. The Morgan fingerprint density at radius 3 is 2.64 bits per heavy atom. The number of benzene rings is 3. The number of amides is 1. The van der Waals surface area contributed by atoms with E-state index < -0.39 is 22.8 Å². The van der Waals surface area contributed by atoms with Gasteiger partial charge < -0.3 is 19.1 Å². The molecule has 2 saturated heterocycles. The van der Waals surface area contributed by atoms with Crippen LogP contribution < -0.4 is 9.64 Å². The maximum Gasteiger partial charge on any atom is 0.411 e. The van der Waals surface area contributed by atoms with Crippen molar-refractivity contribution in [1.82, 2.24) is 14.9 Å². The topological polar surface area (TPSA) is 77.0 Å². The summed E-state index contributed by atoms with van der Waals surface area (Å²) in [5, 5.41) is 1.40. The van der Waals surface area contributed by atoms with Crippen LogP contribution in [0.25, 0.3) is 32.8 Å². The van der Waals surface area contributed by atoms with Crippen LogP contribution in [0.2, 0.25) is 10.3 Å². The van der Waals surface area contributed by atoms with E-state index >= 15 is 8.78 Å². The van der Waals surface area contributed by atoms with E-state index in [9.17, 15) is 4.79 Å². The Labute approximate surface area is 263 Å². The van der Waals surface area contributed by atoms with E-state index in [1.807, 2.05) is 32.6 Å². The summed E-state index contributed by atoms with van der Waals surface area (Å²) in [5.41, 5.74) is -1.47. The number of hydrogen-bond acceptors (Lipinski definition) is 7. The van der Waals surface area contributed by atoms with Gasteiger partial charge in [-0.3, -0.25) is 4.90 Å². The number of halogens is 4. The second-order valence-electron chi connectivity index (χ2n) is 12.5. The first-order valence-corrected chi connectivity index (χ1v) is 15.0. The van der Waals surface area contributed by atoms with Gasteiger partial charge in [0.1, 0.15) is 28.5 Å². The highest BCUT2D eigenvalue weighted by Crippen LogP contribution is 2.45. The van der Waals surface area contributed by atoms with Gasteiger partial charge in [0, 0.05) is 41.6 Å². The molecule has 6 rings (SSSR count). The smallest absolute Gasteiger partial charge is 0.411 e. The van der Waals surface area contributed by atoms with Crippen LogP contribution in [-0.2, 0) is 9.47 Å². The van der Waals surface area contributed by atoms with E-state index in [2.05, 4.69) is 9.97 Å². The van der Waals surface area contributed by atoms with Crippen molar-refractivity contribution in [1.29, 1.82) is 0 Å². The SMILES string of the molecule is COCOc1cc(-c2c(F)cc3c(N4C[C@H]5CC[C@@](C)(C4)N5C(=O)OC(C)(C)C)nc(Cl)nc3c2F)c2c(Cl)cccc2c1. The maximum atomic E-state index is 16.6. The van der Waals surface area contributed by atoms with E-state index in [1.165, 1.54) is 19.2 Å². The van der Waals surface area contributed by atoms with Gasteiger partial charge in [-0.15, -0.1) is 0 Å². The molecule has 8 nitrogen and oxygen atoms in total. The maximum absolute atomic E-state index is 16.6. The second-order valence-corrected chi connectivity index (χ2v) is 13.3. The van der Waals surface area contributed by atoms with E-state index in [4.69, 9.17) is 37.4 Å². The van der Waals surface area contributed by atoms with Crippen LogP contribution in [0.15, 0.2) is 36.4 Å². The summed E-state index contributed by atoms with van der Waals surface area (Å²) in [7, 11) is 1.48. The lowest BCUT2D eigenvalue weighted by molar-refractivity contribution is -0.00279. The summed E-state index contributed by atoms with van der Waals surface area (Å²) < 4.78 is 49.1. The third-order valence-corrected chi connectivity index (χ3v) is 8.65. The van der Waals surface area contributed by atoms with Crippen LogP contribution in [0.1, 0.15) is 40.5 Å². The molecule has 0 unspecified atom stereocenters. The van der Waals surface area contributed by atoms with Crippen molar-refractivity contribution in [3.05, 3.63) is 58.3 Å². The third kappa shape index (κ3) is 5.37. The number of rotatable bonds is 5. The second kappa shape index (κ2) is 11.2. The van der Waals surface area contributed by atoms with Gasteiger partial charge in [0.2, 0.25) is 5.28 Å². The van der Waals surface area contributed by atoms with Crippen molar-refractivity contribution in [2.75, 3.05) is 31.9 Å². The van der Waals surface area contributed by atoms with Gasteiger partial charge in [-0.1, -0.05) is 23.7 Å². The average molecular weight is 646 g/mol. The Balaban J connectivity index is 1.46. The van der Waals surface area contributed by atoms with Crippen molar-refractivity contribution >= 4 is 56.8 Å². The van der Waals surface area contributed by atoms with Gasteiger partial charge in [0.15, 0.2) is 12.6 Å². The van der Waals surface area contributed by atoms with Gasteiger partial charge >= 0.3 is 6.09 Å². The molecule has 2 atom stereocenters. The van der Waals surface area contributed by atoms with Crippen LogP contribution in [0.4, 0.5) is 19.4 Å². The molecule has 2 fully saturated rings. The number of hydrogen-bond donors (Lipinski definition) is 0. The predicted molar refractivity (Wildman–Crippen MR) is 167 cm³/mol. The zero-order chi connectivity index (χ0) is 31.6. The number of aromatic nitrogens is 2. The van der Waals surface area contributed by atoms with Gasteiger partial charge in [-0.2, -0.15) is 4.98 Å². The number of fused-ring (bicyclic) bond motifs is 4. The molecule has 0 aliphatic carbocycles. The van der Waals surface area contributed by atoms with Crippen molar-refractivity contribution < 1.29 is 27.8 Å². The summed E-state index contributed by atoms with van der Waals surface area (Å²) in [5.74, 6) is -1.08. The highest BCUT2D eigenvalue weighted by Gasteiger charge is 2.52. The number of piperazine rings is 1. The van der Waals surface area contributed by atoms with Crippen LogP contribution in [-0.4, -0.2) is 65.1 Å². The summed E-state index contributed by atoms with van der Waals surface area (Å²) in [6, 6.07) is 9.49. The van der Waals surface area contributed by atoms with Crippen molar-refractivity contribution in [3.63, 3.8) is 0 Å². The molecule has 232 valence electrons. The molecular formula is C32H32Cl2F2N4O4. The normalized spacial score (nSPS) is 20.1. The monoisotopic (exact) mass is 644 g/mol. The first kappa shape index (κ1) is 30.6. The number of anilines is 1. The Morgan fingerprint density at radius 2 is 1.93 bits per heavy atom. The number of carbonyl (C=O) groups is 1. The third-order valence-electron chi connectivity index (χ3n) is 8.16. The average Bonchev–Trinajstić information content (AvgIpc) is 3.15. The van der Waals surface area contributed by atoms with E-state index in [0.29, 0.717) is 40.5 Å². The van der Waals surface area contributed by atoms with Crippen molar-refractivity contribution in [3.8, 4) is 16.9 Å². The molecule has 12 heteroatoms. The Morgan fingerprint density at radius 1 is 1.16 bits per heavy atom. The highest BCUT2D eigenvalue weighted by atomic mass is 35.5. The molecule has 0 radical (unpaired) electrons. The molecule has 0 spiro atoms. The first-order chi connectivity index (χ1) is 20.8. The van der Waals surface area contributed by atoms with Crippen molar-refractivity contribution in [2.45, 2.75) is 57.7 Å². The number of ether oxygens (including phenoxy) is 3. The molecular weight excluding hydrogens is 613 g/mol. The number of nitrogens with zero attached hydrogens (tertiary/aromatic N) is 4. The summed E-state index contributed by atoms with van der Waals surface area (Å²) in [6.07, 6.45) is 1.12. The molecule has 4 aromatic rings. The molecule has 44 heavy (non-hydrogen) atoms. The van der Waals surface area contributed by atoms with Gasteiger partial charge in [0.25, 0.3) is 0 Å². The Bertz CT molecular complexity index is 1800. The lowest BCUT2D eigenvalue weighted by Crippen LogP contribution is -2.63. The fourth-order valence-corrected chi connectivity index (χ4v) is 6.92. The number of carbonyl (C=O) groups excluding carboxylic acids is 1. The Hall–Kier alpha value is -3.47. The molecule has 3 aromatic carbocycles. The lowest BCUT2D eigenvalue weighted by Gasteiger charge is -2.47. The molecule has 0 N–H and O–H groups in total. The van der Waals surface area contributed by atoms with E-state index in [1.54, 1.807) is 29.2 Å². The Kier molecular flexibility index (Phi) is 7.75. The minimum Gasteiger partial charge on any atom is -0.468 e. The molecule has 3 heterocycles. The minimum absolute atomic E-state index is 0.0541. The van der Waals surface area contributed by atoms with Gasteiger partial charge in [-0.05, 0) is 81.8 Å². The number of methoxy groups -OCH3 is 1. The molecule has 2 aliphatic heterocycles. The standard InChI is InChI=1S/C32H32Cl2F2N4O4/c1-31(2,3)44-30(41)40-18-9-10-32(40,4)15-39(14-18)28-21-13-23(35)25(26(36)27(21)37-29(34)38-28)20-12-19(43-16-42-5)11-17-7-6-8-22(33)24(17)20/h6-8,11-13,18H,9-10,14-16H2,1-5H3/t18-,32+/m1/s1. The van der Waals surface area contributed by atoms with Crippen LogP contribution in [0.5, 0.6) is 5.75 Å². The van der Waals surface area contributed by atoms with E-state index in [-0.39, 0.29) is 46.2 Å². The summed E-state index contributed by atoms with van der Waals surface area (Å²) >= 11 is 12.9. The highest BCUT2D eigenvalue weighted by molar-refractivity contribution is 6.36. The zero-order valence-electron chi connectivity index (χ0n) is 25.0. The van der Waals surface area contributed by atoms with Crippen LogP contribution >= 0.6 is 23.2 Å². The van der Waals surface area contributed by atoms with E-state index in [0.717, 1.165) is 12.8 Å².